The van der Waals surface area contributed by atoms with E-state index in [2.05, 4.69) is 269 Å². The summed E-state index contributed by atoms with van der Waals surface area (Å²) in [5, 5.41) is 21.2. The second-order valence-electron chi connectivity index (χ2n) is 20.7. The molecule has 0 aromatic heterocycles. The Labute approximate surface area is 420 Å². The smallest absolute Gasteiger partial charge is 0.0623 e. The van der Waals surface area contributed by atoms with Gasteiger partial charge in [0.15, 0.2) is 8.07 Å². The molecule has 0 heterocycles. The summed E-state index contributed by atoms with van der Waals surface area (Å²) in [6, 6.07) is 97.5. The number of hydrogen-bond acceptors (Lipinski definition) is 0. The number of hydrogen-bond donors (Lipinski definition) is 0. The Kier molecular flexibility index (Phi) is 8.83. The van der Waals surface area contributed by atoms with Crippen LogP contribution in [0.3, 0.4) is 0 Å². The molecule has 0 unspecified atom stereocenters. The van der Waals surface area contributed by atoms with Gasteiger partial charge in [-0.3, -0.25) is 0 Å². The van der Waals surface area contributed by atoms with Gasteiger partial charge in [-0.2, -0.15) is 0 Å². The van der Waals surface area contributed by atoms with Crippen molar-refractivity contribution < 1.29 is 0 Å². The van der Waals surface area contributed by atoms with Crippen LogP contribution in [0.1, 0.15) is 25.0 Å². The number of benzene rings is 14. The minimum Gasteiger partial charge on any atom is -0.0623 e. The summed E-state index contributed by atoms with van der Waals surface area (Å²) in [5.74, 6) is 0. The normalized spacial score (nSPS) is 13.2. The first-order valence-electron chi connectivity index (χ1n) is 25.4. The van der Waals surface area contributed by atoms with Gasteiger partial charge in [-0.25, -0.2) is 0 Å². The second kappa shape index (κ2) is 15.4. The van der Waals surface area contributed by atoms with Crippen LogP contribution in [-0.4, -0.2) is 8.07 Å². The van der Waals surface area contributed by atoms with E-state index in [-0.39, 0.29) is 5.41 Å². The van der Waals surface area contributed by atoms with Crippen molar-refractivity contribution in [3.8, 4) is 44.5 Å². The van der Waals surface area contributed by atoms with E-state index < -0.39 is 8.07 Å². The lowest BCUT2D eigenvalue weighted by atomic mass is 9.80. The standard InChI is InChI=1S/C71H48Si/c1-71(2)65-43-51(32-36-61(65)62-37-33-52(44-66(62)71)59-34-28-49-26-24-45-14-12-16-47-30-38-63(59)69(49)67(45)47)53-40-54(60-35-29-50-27-25-46-15-13-17-48-31-39-64(60)70(50)68(46)48)42-58(41-53)72(55-18-6-3-7-19-55,56-20-8-4-9-21-56)57-22-10-5-11-23-57/h3-44H,1-2H3. The molecule has 0 spiro atoms. The van der Waals surface area contributed by atoms with Crippen molar-refractivity contribution in [3.63, 3.8) is 0 Å². The van der Waals surface area contributed by atoms with E-state index in [1.165, 1.54) is 141 Å². The van der Waals surface area contributed by atoms with Crippen LogP contribution in [0.5, 0.6) is 0 Å². The van der Waals surface area contributed by atoms with Crippen LogP contribution in [0.2, 0.25) is 0 Å². The molecule has 14 aromatic carbocycles. The van der Waals surface area contributed by atoms with Gasteiger partial charge < -0.3 is 0 Å². The van der Waals surface area contributed by atoms with Crippen LogP contribution < -0.4 is 20.7 Å². The first-order chi connectivity index (χ1) is 35.4. The van der Waals surface area contributed by atoms with Crippen molar-refractivity contribution in [2.24, 2.45) is 0 Å². The summed E-state index contributed by atoms with van der Waals surface area (Å²) in [7, 11) is -2.94. The third-order valence-corrected chi connectivity index (χ3v) is 21.4. The summed E-state index contributed by atoms with van der Waals surface area (Å²) in [6.07, 6.45) is 0. The molecule has 0 amide bonds. The molecule has 0 atom stereocenters. The topological polar surface area (TPSA) is 0 Å². The molecule has 0 saturated carbocycles. The highest BCUT2D eigenvalue weighted by molar-refractivity contribution is 7.20. The third-order valence-electron chi connectivity index (χ3n) is 16.7. The maximum atomic E-state index is 2.56. The third kappa shape index (κ3) is 5.86. The average molecular weight is 929 g/mol. The minimum absolute atomic E-state index is 0.233. The van der Waals surface area contributed by atoms with Crippen molar-refractivity contribution in [1.82, 2.24) is 0 Å². The Morgan fingerprint density at radius 1 is 0.250 bits per heavy atom. The highest BCUT2D eigenvalue weighted by Gasteiger charge is 2.42. The van der Waals surface area contributed by atoms with Gasteiger partial charge in [-0.05, 0) is 159 Å². The van der Waals surface area contributed by atoms with Gasteiger partial charge >= 0.3 is 0 Å². The predicted molar refractivity (Wildman–Crippen MR) is 311 cm³/mol. The molecule has 0 saturated heterocycles. The lowest BCUT2D eigenvalue weighted by Gasteiger charge is -2.35. The maximum absolute atomic E-state index is 2.94. The van der Waals surface area contributed by atoms with Gasteiger partial charge in [0.05, 0.1) is 0 Å². The van der Waals surface area contributed by atoms with Crippen LogP contribution in [-0.2, 0) is 5.41 Å². The van der Waals surface area contributed by atoms with Gasteiger partial charge in [-0.15, -0.1) is 0 Å². The fourth-order valence-corrected chi connectivity index (χ4v) is 18.1. The molecular weight excluding hydrogens is 881 g/mol. The highest BCUT2D eigenvalue weighted by atomic mass is 28.3. The van der Waals surface area contributed by atoms with Gasteiger partial charge in [0.25, 0.3) is 0 Å². The predicted octanol–water partition coefficient (Wildman–Crippen LogP) is 16.2. The van der Waals surface area contributed by atoms with Gasteiger partial charge in [0.1, 0.15) is 0 Å². The first kappa shape index (κ1) is 41.2. The van der Waals surface area contributed by atoms with E-state index >= 15 is 0 Å². The zero-order valence-corrected chi connectivity index (χ0v) is 41.2. The van der Waals surface area contributed by atoms with E-state index in [1.54, 1.807) is 0 Å². The maximum Gasteiger partial charge on any atom is 0.179 e. The monoisotopic (exact) mass is 928 g/mol. The van der Waals surface area contributed by atoms with Gasteiger partial charge in [-0.1, -0.05) is 250 Å². The molecular formula is C71H48Si. The number of fused-ring (bicyclic) bond motifs is 3. The van der Waals surface area contributed by atoms with E-state index in [0.717, 1.165) is 0 Å². The van der Waals surface area contributed by atoms with Crippen LogP contribution in [0.4, 0.5) is 0 Å². The van der Waals surface area contributed by atoms with Crippen LogP contribution in [0, 0.1) is 0 Å². The zero-order valence-electron chi connectivity index (χ0n) is 40.2. The zero-order chi connectivity index (χ0) is 47.7. The van der Waals surface area contributed by atoms with Crippen molar-refractivity contribution in [2.75, 3.05) is 0 Å². The average Bonchev–Trinajstić information content (AvgIpc) is 3.67. The Balaban J connectivity index is 0.946. The summed E-state index contributed by atoms with van der Waals surface area (Å²) in [6.45, 7) is 4.86. The molecule has 72 heavy (non-hydrogen) atoms. The fraction of sp³-hybridized carbons (Fsp3) is 0.0423. The lowest BCUT2D eigenvalue weighted by molar-refractivity contribution is 0.661. The Bertz CT molecular complexity index is 4320. The van der Waals surface area contributed by atoms with E-state index in [4.69, 9.17) is 0 Å². The fourth-order valence-electron chi connectivity index (χ4n) is 13.3. The molecule has 1 heteroatoms. The SMILES string of the molecule is CC1(C)c2cc(-c3cc(-c4ccc5ccc6cccc7ccc4c5c67)cc([Si](c4ccccc4)(c4ccccc4)c4ccccc4)c3)ccc2-c2ccc(-c3ccc4ccc5cccc6ccc3c4c56)cc21. The Morgan fingerprint density at radius 3 is 1.11 bits per heavy atom. The molecule has 1 aliphatic rings. The van der Waals surface area contributed by atoms with Crippen LogP contribution in [0.25, 0.3) is 109 Å². The molecule has 336 valence electrons. The van der Waals surface area contributed by atoms with Crippen molar-refractivity contribution in [2.45, 2.75) is 19.3 Å². The molecule has 14 aromatic rings. The first-order valence-corrected chi connectivity index (χ1v) is 27.4. The quantitative estimate of drug-likeness (QED) is 0.0849. The van der Waals surface area contributed by atoms with Crippen LogP contribution >= 0.6 is 0 Å². The summed E-state index contributed by atoms with van der Waals surface area (Å²) in [5.41, 5.74) is 12.7. The number of rotatable bonds is 7. The molecule has 0 N–H and O–H groups in total. The van der Waals surface area contributed by atoms with Gasteiger partial charge in [0, 0.05) is 5.41 Å². The minimum atomic E-state index is -2.94. The lowest BCUT2D eigenvalue weighted by Crippen LogP contribution is -2.74. The molecule has 15 rings (SSSR count). The Hall–Kier alpha value is -8.62. The molecule has 0 nitrogen and oxygen atoms in total. The highest BCUT2D eigenvalue weighted by Crippen LogP contribution is 2.52. The van der Waals surface area contributed by atoms with E-state index in [1.807, 2.05) is 0 Å². The summed E-state index contributed by atoms with van der Waals surface area (Å²) >= 11 is 0. The van der Waals surface area contributed by atoms with Crippen molar-refractivity contribution >= 4 is 93.5 Å². The summed E-state index contributed by atoms with van der Waals surface area (Å²) in [4.78, 5) is 0. The van der Waals surface area contributed by atoms with Gasteiger partial charge in [0.2, 0.25) is 0 Å². The Morgan fingerprint density at radius 2 is 0.625 bits per heavy atom. The van der Waals surface area contributed by atoms with E-state index in [9.17, 15) is 0 Å². The second-order valence-corrected chi connectivity index (χ2v) is 24.5. The molecule has 0 aliphatic heterocycles. The van der Waals surface area contributed by atoms with Crippen LogP contribution in [0.15, 0.2) is 255 Å². The molecule has 1 aliphatic carbocycles. The summed E-state index contributed by atoms with van der Waals surface area (Å²) < 4.78 is 0. The molecule has 0 fully saturated rings. The van der Waals surface area contributed by atoms with Crippen molar-refractivity contribution in [1.29, 1.82) is 0 Å². The molecule has 0 radical (unpaired) electrons. The molecule has 0 bridgehead atoms. The van der Waals surface area contributed by atoms with Crippen molar-refractivity contribution in [3.05, 3.63) is 266 Å². The largest absolute Gasteiger partial charge is 0.179 e. The van der Waals surface area contributed by atoms with E-state index in [0.29, 0.717) is 0 Å².